The van der Waals surface area contributed by atoms with Crippen LogP contribution in [0.15, 0.2) is 0 Å². The summed E-state index contributed by atoms with van der Waals surface area (Å²) in [5.74, 6) is -0.190. The van der Waals surface area contributed by atoms with E-state index in [4.69, 9.17) is 14.6 Å². The zero-order valence-electron chi connectivity index (χ0n) is 10.2. The Balaban J connectivity index is 0. The maximum Gasteiger partial charge on any atom is 0.361 e. The summed E-state index contributed by atoms with van der Waals surface area (Å²) in [7, 11) is 3.89. The summed E-state index contributed by atoms with van der Waals surface area (Å²) >= 11 is 0. The third kappa shape index (κ3) is 10.4. The smallest absolute Gasteiger partial charge is 0.361 e. The lowest BCUT2D eigenvalue weighted by Crippen LogP contribution is -3.00. The number of ether oxygens (including phenoxy) is 2. The van der Waals surface area contributed by atoms with Gasteiger partial charge in [0.2, 0.25) is 0 Å². The Labute approximate surface area is 108 Å². The molecule has 0 aliphatic heterocycles. The van der Waals surface area contributed by atoms with Gasteiger partial charge in [0.25, 0.3) is 0 Å². The molecule has 0 aliphatic carbocycles. The second kappa shape index (κ2) is 10.0. The quantitative estimate of drug-likeness (QED) is 0.289. The van der Waals surface area contributed by atoms with Crippen LogP contribution in [-0.2, 0) is 14.3 Å². The van der Waals surface area contributed by atoms with E-state index in [1.54, 1.807) is 6.92 Å². The molecule has 0 radical (unpaired) electrons. The largest absolute Gasteiger partial charge is 1.00 e. The van der Waals surface area contributed by atoms with E-state index in [0.29, 0.717) is 30.8 Å². The van der Waals surface area contributed by atoms with Gasteiger partial charge in [-0.15, -0.1) is 0 Å². The first-order valence-electron chi connectivity index (χ1n) is 5.18. The average molecular weight is 300 g/mol. The molecule has 0 aromatic heterocycles. The molecule has 0 atom stereocenters. The van der Waals surface area contributed by atoms with Gasteiger partial charge in [-0.2, -0.15) is 0 Å². The standard InChI is InChI=1S/C10H22NO4.BrH/c1-4-15-10(13)9-11(2,3)5-7-14-8-6-12;/h12H,4-9H2,1-3H3;1H/q+1;/p-1. The lowest BCUT2D eigenvalue weighted by atomic mass is 10.4. The third-order valence-electron chi connectivity index (χ3n) is 1.94. The van der Waals surface area contributed by atoms with E-state index in [1.807, 2.05) is 14.1 Å². The molecule has 6 heteroatoms. The van der Waals surface area contributed by atoms with Gasteiger partial charge in [0.05, 0.1) is 40.5 Å². The van der Waals surface area contributed by atoms with Gasteiger partial charge in [0.1, 0.15) is 6.54 Å². The highest BCUT2D eigenvalue weighted by Gasteiger charge is 2.20. The van der Waals surface area contributed by atoms with E-state index in [1.165, 1.54) is 0 Å². The lowest BCUT2D eigenvalue weighted by Gasteiger charge is -2.28. The van der Waals surface area contributed by atoms with Crippen molar-refractivity contribution in [3.8, 4) is 0 Å². The number of hydrogen-bond acceptors (Lipinski definition) is 4. The zero-order chi connectivity index (χ0) is 11.7. The molecule has 0 rings (SSSR count). The number of halogens is 1. The van der Waals surface area contributed by atoms with E-state index in [-0.39, 0.29) is 29.6 Å². The molecular formula is C10H22BrNO4. The summed E-state index contributed by atoms with van der Waals surface area (Å²) in [4.78, 5) is 11.2. The Morgan fingerprint density at radius 3 is 2.44 bits per heavy atom. The van der Waals surface area contributed by atoms with Crippen molar-refractivity contribution in [1.29, 1.82) is 0 Å². The second-order valence-corrected chi connectivity index (χ2v) is 3.96. The van der Waals surface area contributed by atoms with E-state index in [2.05, 4.69) is 0 Å². The van der Waals surface area contributed by atoms with E-state index < -0.39 is 0 Å². The number of quaternary nitrogens is 1. The Kier molecular flexibility index (Phi) is 11.4. The number of aliphatic hydroxyl groups excluding tert-OH is 1. The van der Waals surface area contributed by atoms with E-state index >= 15 is 0 Å². The molecule has 0 amide bonds. The van der Waals surface area contributed by atoms with Gasteiger partial charge >= 0.3 is 5.97 Å². The Morgan fingerprint density at radius 1 is 1.31 bits per heavy atom. The molecule has 16 heavy (non-hydrogen) atoms. The second-order valence-electron chi connectivity index (χ2n) is 3.96. The highest BCUT2D eigenvalue weighted by atomic mass is 79.9. The van der Waals surface area contributed by atoms with Crippen molar-refractivity contribution in [2.75, 3.05) is 53.6 Å². The summed E-state index contributed by atoms with van der Waals surface area (Å²) in [5.41, 5.74) is 0. The number of carbonyl (C=O) groups is 1. The number of likely N-dealkylation sites (N-methyl/N-ethyl adjacent to an activating group) is 1. The third-order valence-corrected chi connectivity index (χ3v) is 1.94. The summed E-state index contributed by atoms with van der Waals surface area (Å²) in [5, 5.41) is 8.51. The van der Waals surface area contributed by atoms with Crippen LogP contribution in [0.1, 0.15) is 6.92 Å². The van der Waals surface area contributed by atoms with Gasteiger partial charge in [-0.3, -0.25) is 0 Å². The number of rotatable bonds is 8. The van der Waals surface area contributed by atoms with Crippen molar-refractivity contribution in [3.05, 3.63) is 0 Å². The molecular weight excluding hydrogens is 278 g/mol. The summed E-state index contributed by atoms with van der Waals surface area (Å²) in [6.07, 6.45) is 0. The number of nitrogens with zero attached hydrogens (tertiary/aromatic N) is 1. The molecule has 0 spiro atoms. The molecule has 0 heterocycles. The van der Waals surface area contributed by atoms with Crippen LogP contribution < -0.4 is 17.0 Å². The highest BCUT2D eigenvalue weighted by molar-refractivity contribution is 5.70. The predicted molar refractivity (Wildman–Crippen MR) is 56.4 cm³/mol. The SMILES string of the molecule is CCOC(=O)C[N+](C)(C)CCOCCO.[Br-]. The molecule has 0 saturated carbocycles. The molecule has 5 nitrogen and oxygen atoms in total. The van der Waals surface area contributed by atoms with Crippen LogP contribution in [0.4, 0.5) is 0 Å². The van der Waals surface area contributed by atoms with Crippen LogP contribution >= 0.6 is 0 Å². The maximum atomic E-state index is 11.2. The Morgan fingerprint density at radius 2 is 1.94 bits per heavy atom. The maximum absolute atomic E-state index is 11.2. The van der Waals surface area contributed by atoms with Crippen LogP contribution in [0.25, 0.3) is 0 Å². The van der Waals surface area contributed by atoms with Crippen LogP contribution in [0.3, 0.4) is 0 Å². The molecule has 0 saturated heterocycles. The fourth-order valence-corrected chi connectivity index (χ4v) is 1.11. The van der Waals surface area contributed by atoms with Crippen LogP contribution in [0.5, 0.6) is 0 Å². The Hall–Kier alpha value is -0.170. The molecule has 0 aromatic rings. The minimum absolute atomic E-state index is 0. The molecule has 0 aromatic carbocycles. The highest BCUT2D eigenvalue weighted by Crippen LogP contribution is 1.97. The fraction of sp³-hybridized carbons (Fsp3) is 0.900. The molecule has 0 bridgehead atoms. The lowest BCUT2D eigenvalue weighted by molar-refractivity contribution is -0.883. The molecule has 0 fully saturated rings. The van der Waals surface area contributed by atoms with Crippen LogP contribution in [0, 0.1) is 0 Å². The van der Waals surface area contributed by atoms with Gasteiger partial charge in [0.15, 0.2) is 6.54 Å². The van der Waals surface area contributed by atoms with Crippen molar-refractivity contribution in [3.63, 3.8) is 0 Å². The molecule has 98 valence electrons. The van der Waals surface area contributed by atoms with Gasteiger partial charge in [-0.1, -0.05) is 0 Å². The fourth-order valence-electron chi connectivity index (χ4n) is 1.11. The Bertz CT molecular complexity index is 188. The molecule has 1 N–H and O–H groups in total. The summed E-state index contributed by atoms with van der Waals surface area (Å²) in [6.45, 7) is 4.19. The molecule has 0 unspecified atom stereocenters. The van der Waals surface area contributed by atoms with Crippen molar-refractivity contribution < 1.29 is 40.8 Å². The van der Waals surface area contributed by atoms with Gasteiger partial charge < -0.3 is 36.0 Å². The average Bonchev–Trinajstić information content (AvgIpc) is 2.12. The normalized spacial score (nSPS) is 10.8. The topological polar surface area (TPSA) is 55.8 Å². The molecule has 0 aliphatic rings. The van der Waals surface area contributed by atoms with Crippen molar-refractivity contribution in [2.45, 2.75) is 6.92 Å². The number of aliphatic hydroxyl groups is 1. The van der Waals surface area contributed by atoms with Crippen molar-refractivity contribution in [2.24, 2.45) is 0 Å². The zero-order valence-corrected chi connectivity index (χ0v) is 11.8. The van der Waals surface area contributed by atoms with Crippen LogP contribution in [-0.4, -0.2) is 69.2 Å². The summed E-state index contributed by atoms with van der Waals surface area (Å²) < 4.78 is 10.5. The van der Waals surface area contributed by atoms with E-state index in [0.717, 1.165) is 6.54 Å². The predicted octanol–water partition coefficient (Wildman–Crippen LogP) is -3.36. The van der Waals surface area contributed by atoms with Gasteiger partial charge in [-0.25, -0.2) is 4.79 Å². The van der Waals surface area contributed by atoms with Crippen LogP contribution in [0.2, 0.25) is 0 Å². The monoisotopic (exact) mass is 299 g/mol. The number of esters is 1. The first-order valence-corrected chi connectivity index (χ1v) is 5.18. The van der Waals surface area contributed by atoms with Gasteiger partial charge in [0, 0.05) is 0 Å². The number of hydrogen-bond donors (Lipinski definition) is 1. The minimum Gasteiger partial charge on any atom is -1.00 e. The van der Waals surface area contributed by atoms with Gasteiger partial charge in [-0.05, 0) is 6.92 Å². The van der Waals surface area contributed by atoms with Crippen molar-refractivity contribution >= 4 is 5.97 Å². The van der Waals surface area contributed by atoms with E-state index in [9.17, 15) is 4.79 Å². The number of carbonyl (C=O) groups excluding carboxylic acids is 1. The minimum atomic E-state index is -0.190. The first-order chi connectivity index (χ1) is 7.02. The summed E-state index contributed by atoms with van der Waals surface area (Å²) in [6, 6.07) is 0. The van der Waals surface area contributed by atoms with Crippen molar-refractivity contribution in [1.82, 2.24) is 0 Å². The first kappa shape index (κ1) is 18.2.